The van der Waals surface area contributed by atoms with Crippen molar-refractivity contribution in [3.63, 3.8) is 0 Å². The highest BCUT2D eigenvalue weighted by molar-refractivity contribution is 7.99. The number of thioether (sulfide) groups is 1. The van der Waals surface area contributed by atoms with Gasteiger partial charge in [-0.25, -0.2) is 8.42 Å². The minimum absolute atomic E-state index is 0.0744. The predicted molar refractivity (Wildman–Crippen MR) is 118 cm³/mol. The second kappa shape index (κ2) is 9.36. The summed E-state index contributed by atoms with van der Waals surface area (Å²) in [7, 11) is -3.67. The summed E-state index contributed by atoms with van der Waals surface area (Å²) in [5, 5.41) is 5.53. The highest BCUT2D eigenvalue weighted by Crippen LogP contribution is 2.31. The lowest BCUT2D eigenvalue weighted by molar-refractivity contribution is 0.0952. The van der Waals surface area contributed by atoms with Crippen LogP contribution in [0.25, 0.3) is 0 Å². The van der Waals surface area contributed by atoms with Crippen molar-refractivity contribution in [2.45, 2.75) is 17.7 Å². The molecule has 1 N–H and O–H groups in total. The van der Waals surface area contributed by atoms with Crippen LogP contribution >= 0.6 is 46.3 Å². The van der Waals surface area contributed by atoms with Crippen molar-refractivity contribution in [2.75, 3.05) is 31.1 Å². The lowest BCUT2D eigenvalue weighted by Crippen LogP contribution is -2.38. The van der Waals surface area contributed by atoms with E-state index in [2.05, 4.69) is 5.32 Å². The molecule has 5 nitrogen and oxygen atoms in total. The van der Waals surface area contributed by atoms with E-state index in [4.69, 9.17) is 23.2 Å². The summed E-state index contributed by atoms with van der Waals surface area (Å²) >= 11 is 15.3. The summed E-state index contributed by atoms with van der Waals surface area (Å²) in [6, 6.07) is 6.77. The van der Waals surface area contributed by atoms with Gasteiger partial charge < -0.3 is 5.32 Å². The largest absolute Gasteiger partial charge is 0.351 e. The first-order valence-electron chi connectivity index (χ1n) is 8.70. The first-order valence-corrected chi connectivity index (χ1v) is 12.9. The van der Waals surface area contributed by atoms with E-state index in [0.717, 1.165) is 28.4 Å². The third-order valence-electron chi connectivity index (χ3n) is 4.48. The number of hydrogen-bond acceptors (Lipinski definition) is 5. The third-order valence-corrected chi connectivity index (χ3v) is 9.07. The Kier molecular flexibility index (Phi) is 7.33. The van der Waals surface area contributed by atoms with Crippen LogP contribution in [0.5, 0.6) is 0 Å². The Bertz CT molecular complexity index is 936. The molecule has 1 atom stereocenters. The molecule has 28 heavy (non-hydrogen) atoms. The van der Waals surface area contributed by atoms with Gasteiger partial charge in [0, 0.05) is 47.1 Å². The van der Waals surface area contributed by atoms with Crippen molar-refractivity contribution >= 4 is 62.2 Å². The van der Waals surface area contributed by atoms with E-state index in [-0.39, 0.29) is 15.7 Å². The van der Waals surface area contributed by atoms with Crippen molar-refractivity contribution in [1.82, 2.24) is 9.62 Å². The zero-order valence-electron chi connectivity index (χ0n) is 15.2. The van der Waals surface area contributed by atoms with E-state index in [0.29, 0.717) is 29.7 Å². The second-order valence-electron chi connectivity index (χ2n) is 6.38. The molecule has 1 aromatic heterocycles. The van der Waals surface area contributed by atoms with Gasteiger partial charge in [0.15, 0.2) is 0 Å². The van der Waals surface area contributed by atoms with Crippen molar-refractivity contribution in [3.05, 3.63) is 50.1 Å². The number of rotatable bonds is 6. The molecule has 3 rings (SSSR count). The summed E-state index contributed by atoms with van der Waals surface area (Å²) < 4.78 is 27.3. The molecule has 1 aliphatic heterocycles. The summed E-state index contributed by atoms with van der Waals surface area (Å²) in [6.07, 6.45) is 0. The molecule has 0 radical (unpaired) electrons. The maximum atomic E-state index is 12.9. The van der Waals surface area contributed by atoms with Gasteiger partial charge in [-0.05, 0) is 29.1 Å². The average molecular weight is 479 g/mol. The van der Waals surface area contributed by atoms with Gasteiger partial charge in [-0.15, -0.1) is 11.3 Å². The molecule has 1 saturated heterocycles. The Balaban J connectivity index is 1.73. The van der Waals surface area contributed by atoms with Crippen LogP contribution in [0.15, 0.2) is 34.5 Å². The van der Waals surface area contributed by atoms with Crippen LogP contribution in [0.3, 0.4) is 0 Å². The molecule has 0 bridgehead atoms. The molecular formula is C18H20Cl2N2O3S3. The molecule has 1 unspecified atom stereocenters. The van der Waals surface area contributed by atoms with Crippen LogP contribution < -0.4 is 5.32 Å². The van der Waals surface area contributed by atoms with Crippen LogP contribution in [0.4, 0.5) is 0 Å². The van der Waals surface area contributed by atoms with E-state index < -0.39 is 15.9 Å². The molecule has 1 aromatic carbocycles. The molecule has 0 saturated carbocycles. The number of carbonyl (C=O) groups excluding carboxylic acids is 1. The maximum absolute atomic E-state index is 12.9. The molecule has 1 amide bonds. The number of carbonyl (C=O) groups is 1. The van der Waals surface area contributed by atoms with Crippen molar-refractivity contribution < 1.29 is 13.2 Å². The molecule has 2 aromatic rings. The smallest absolute Gasteiger partial charge is 0.262 e. The lowest BCUT2D eigenvalue weighted by Gasteiger charge is -2.25. The number of thiophene rings is 1. The normalized spacial score (nSPS) is 16.7. The van der Waals surface area contributed by atoms with Gasteiger partial charge >= 0.3 is 0 Å². The van der Waals surface area contributed by atoms with Crippen molar-refractivity contribution in [2.24, 2.45) is 0 Å². The van der Waals surface area contributed by atoms with Gasteiger partial charge in [0.05, 0.1) is 0 Å². The van der Waals surface area contributed by atoms with Gasteiger partial charge in [-0.3, -0.25) is 4.79 Å². The monoisotopic (exact) mass is 478 g/mol. The number of hydrogen-bond donors (Lipinski definition) is 1. The molecule has 152 valence electrons. The Hall–Kier alpha value is -0.770. The molecule has 10 heteroatoms. The van der Waals surface area contributed by atoms with Gasteiger partial charge in [-0.2, -0.15) is 16.1 Å². The van der Waals surface area contributed by atoms with E-state index in [1.54, 1.807) is 35.3 Å². The SMILES string of the molecule is CC(CNC(=O)c1sccc1S(=O)(=O)N1CCSCC1)c1c(Cl)cccc1Cl. The quantitative estimate of drug-likeness (QED) is 0.670. The van der Waals surface area contributed by atoms with Crippen LogP contribution in [0.2, 0.25) is 10.0 Å². The molecule has 0 aliphatic carbocycles. The fourth-order valence-corrected chi connectivity index (χ4v) is 7.66. The third kappa shape index (κ3) is 4.68. The van der Waals surface area contributed by atoms with E-state index in [1.165, 1.54) is 10.4 Å². The number of nitrogens with one attached hydrogen (secondary N) is 1. The number of amides is 1. The first-order chi connectivity index (χ1) is 13.3. The van der Waals surface area contributed by atoms with Gasteiger partial charge in [-0.1, -0.05) is 36.2 Å². The maximum Gasteiger partial charge on any atom is 0.262 e. The van der Waals surface area contributed by atoms with E-state index >= 15 is 0 Å². The predicted octanol–water partition coefficient (Wildman–Crippen LogP) is 4.33. The zero-order valence-corrected chi connectivity index (χ0v) is 19.1. The first kappa shape index (κ1) is 21.9. The van der Waals surface area contributed by atoms with E-state index in [1.807, 2.05) is 6.92 Å². The zero-order chi connectivity index (χ0) is 20.3. The molecule has 0 spiro atoms. The summed E-state index contributed by atoms with van der Waals surface area (Å²) in [6.45, 7) is 3.13. The summed E-state index contributed by atoms with van der Waals surface area (Å²) in [5.41, 5.74) is 0.760. The second-order valence-corrected chi connectivity index (χ2v) is 11.2. The van der Waals surface area contributed by atoms with Gasteiger partial charge in [0.25, 0.3) is 5.91 Å². The van der Waals surface area contributed by atoms with Gasteiger partial charge in [0.1, 0.15) is 9.77 Å². The topological polar surface area (TPSA) is 66.5 Å². The number of sulfonamides is 1. The fraction of sp³-hybridized carbons (Fsp3) is 0.389. The fourth-order valence-electron chi connectivity index (χ4n) is 3.00. The molecule has 1 aliphatic rings. The Morgan fingerprint density at radius 2 is 1.86 bits per heavy atom. The summed E-state index contributed by atoms with van der Waals surface area (Å²) in [5.74, 6) is 1.00. The van der Waals surface area contributed by atoms with Crippen LogP contribution in [-0.4, -0.2) is 49.8 Å². The van der Waals surface area contributed by atoms with Crippen LogP contribution in [0.1, 0.15) is 28.1 Å². The molecule has 2 heterocycles. The highest BCUT2D eigenvalue weighted by atomic mass is 35.5. The Morgan fingerprint density at radius 1 is 1.21 bits per heavy atom. The molecular weight excluding hydrogens is 459 g/mol. The van der Waals surface area contributed by atoms with Crippen molar-refractivity contribution in [1.29, 1.82) is 0 Å². The standard InChI is InChI=1S/C18H20Cl2N2O3S3/c1-12(16-13(19)3-2-4-14(16)20)11-21-18(23)17-15(5-8-27-17)28(24,25)22-6-9-26-10-7-22/h2-5,8,12H,6-7,9-11H2,1H3,(H,21,23). The number of nitrogens with zero attached hydrogens (tertiary/aromatic N) is 1. The van der Waals surface area contributed by atoms with E-state index in [9.17, 15) is 13.2 Å². The highest BCUT2D eigenvalue weighted by Gasteiger charge is 2.31. The van der Waals surface area contributed by atoms with Crippen molar-refractivity contribution in [3.8, 4) is 0 Å². The minimum atomic E-state index is -3.67. The Labute approximate surface area is 183 Å². The minimum Gasteiger partial charge on any atom is -0.351 e. The number of halogens is 2. The van der Waals surface area contributed by atoms with Crippen LogP contribution in [-0.2, 0) is 10.0 Å². The number of benzene rings is 1. The lowest BCUT2D eigenvalue weighted by atomic mass is 10.0. The van der Waals surface area contributed by atoms with Gasteiger partial charge in [0.2, 0.25) is 10.0 Å². The molecule has 1 fully saturated rings. The Morgan fingerprint density at radius 3 is 2.50 bits per heavy atom. The van der Waals surface area contributed by atoms with Crippen LogP contribution in [0, 0.1) is 0 Å². The average Bonchev–Trinajstić information content (AvgIpc) is 3.17. The summed E-state index contributed by atoms with van der Waals surface area (Å²) in [4.78, 5) is 13.0.